The molecule has 0 bridgehead atoms. The zero-order chi connectivity index (χ0) is 10.8. The van der Waals surface area contributed by atoms with E-state index < -0.39 is 0 Å². The Labute approximate surface area is 105 Å². The van der Waals surface area contributed by atoms with Gasteiger partial charge in [0.15, 0.2) is 0 Å². The Balaban J connectivity index is 0.00000128. The van der Waals surface area contributed by atoms with Crippen LogP contribution >= 0.6 is 23.7 Å². The van der Waals surface area contributed by atoms with Crippen molar-refractivity contribution in [2.75, 3.05) is 0 Å². The second-order valence-corrected chi connectivity index (χ2v) is 4.32. The third-order valence-electron chi connectivity index (χ3n) is 2.46. The van der Waals surface area contributed by atoms with Gasteiger partial charge >= 0.3 is 0 Å². The minimum Gasteiger partial charge on any atom is -0.320 e. The normalized spacial score (nSPS) is 11.9. The molecule has 0 unspecified atom stereocenters. The number of hydrogen-bond acceptors (Lipinski definition) is 2. The number of hydrogen-bond donors (Lipinski definition) is 1. The molecule has 1 atom stereocenters. The summed E-state index contributed by atoms with van der Waals surface area (Å²) in [6, 6.07) is 6.88. The number of benzene rings is 1. The monoisotopic (exact) mass is 257 g/mol. The molecule has 0 saturated carbocycles. The molecule has 1 aromatic carbocycles. The molecule has 4 heteroatoms. The third-order valence-corrected chi connectivity index (χ3v) is 3.16. The molecule has 0 spiro atoms. The minimum absolute atomic E-state index is 0. The van der Waals surface area contributed by atoms with Crippen molar-refractivity contribution in [2.45, 2.75) is 13.0 Å². The van der Waals surface area contributed by atoms with Crippen LogP contribution < -0.4 is 5.73 Å². The van der Waals surface area contributed by atoms with Gasteiger partial charge in [-0.05, 0) is 46.5 Å². The molecular formula is C12H13ClFNS. The summed E-state index contributed by atoms with van der Waals surface area (Å²) in [6.07, 6.45) is 0. The molecule has 2 N–H and O–H groups in total. The highest BCUT2D eigenvalue weighted by atomic mass is 35.5. The summed E-state index contributed by atoms with van der Waals surface area (Å²) in [5.41, 5.74) is 8.52. The molecule has 0 fully saturated rings. The Morgan fingerprint density at radius 3 is 2.56 bits per heavy atom. The van der Waals surface area contributed by atoms with Crippen LogP contribution in [0.5, 0.6) is 0 Å². The zero-order valence-electron chi connectivity index (χ0n) is 8.81. The highest BCUT2D eigenvalue weighted by molar-refractivity contribution is 7.08. The fourth-order valence-corrected chi connectivity index (χ4v) is 2.14. The van der Waals surface area contributed by atoms with Gasteiger partial charge in [0.05, 0.1) is 6.04 Å². The number of halogens is 2. The molecule has 0 radical (unpaired) electrons. The molecule has 2 rings (SSSR count). The number of thiophene rings is 1. The van der Waals surface area contributed by atoms with E-state index in [4.69, 9.17) is 5.73 Å². The second-order valence-electron chi connectivity index (χ2n) is 3.54. The van der Waals surface area contributed by atoms with Gasteiger partial charge in [-0.15, -0.1) is 12.4 Å². The molecule has 0 amide bonds. The van der Waals surface area contributed by atoms with Crippen molar-refractivity contribution in [2.24, 2.45) is 5.73 Å². The van der Waals surface area contributed by atoms with Crippen LogP contribution in [-0.2, 0) is 0 Å². The Kier molecular flexibility index (Phi) is 4.47. The summed E-state index contributed by atoms with van der Waals surface area (Å²) in [6.45, 7) is 1.75. The van der Waals surface area contributed by atoms with Crippen LogP contribution in [0.1, 0.15) is 22.7 Å². The molecule has 1 heterocycles. The highest BCUT2D eigenvalue weighted by Crippen LogP contribution is 2.23. The lowest BCUT2D eigenvalue weighted by Crippen LogP contribution is -2.11. The lowest BCUT2D eigenvalue weighted by atomic mass is 10.0. The maximum atomic E-state index is 13.3. The summed E-state index contributed by atoms with van der Waals surface area (Å²) >= 11 is 1.60. The minimum atomic E-state index is -0.230. The van der Waals surface area contributed by atoms with Crippen molar-refractivity contribution < 1.29 is 4.39 Å². The van der Waals surface area contributed by atoms with Crippen molar-refractivity contribution in [3.05, 3.63) is 57.5 Å². The molecule has 0 aliphatic rings. The summed E-state index contributed by atoms with van der Waals surface area (Å²) in [5, 5.41) is 3.96. The molecule has 2 aromatic rings. The topological polar surface area (TPSA) is 26.0 Å². The van der Waals surface area contributed by atoms with Gasteiger partial charge in [-0.3, -0.25) is 0 Å². The largest absolute Gasteiger partial charge is 0.320 e. The fraction of sp³-hybridized carbons (Fsp3) is 0.167. The van der Waals surface area contributed by atoms with Crippen molar-refractivity contribution in [1.82, 2.24) is 0 Å². The molecule has 16 heavy (non-hydrogen) atoms. The SMILES string of the molecule is Cc1ccc([C@H](N)c2ccsc2)cc1F.Cl. The lowest BCUT2D eigenvalue weighted by molar-refractivity contribution is 0.614. The van der Waals surface area contributed by atoms with E-state index in [2.05, 4.69) is 0 Å². The Morgan fingerprint density at radius 2 is 2.00 bits per heavy atom. The van der Waals surface area contributed by atoms with Gasteiger partial charge in [-0.25, -0.2) is 4.39 Å². The number of rotatable bonds is 2. The fourth-order valence-electron chi connectivity index (χ4n) is 1.45. The Hall–Kier alpha value is -0.900. The van der Waals surface area contributed by atoms with Gasteiger partial charge in [0.1, 0.15) is 5.82 Å². The first-order chi connectivity index (χ1) is 7.18. The van der Waals surface area contributed by atoms with Gasteiger partial charge < -0.3 is 5.73 Å². The van der Waals surface area contributed by atoms with E-state index in [1.165, 1.54) is 6.07 Å². The van der Waals surface area contributed by atoms with Crippen molar-refractivity contribution in [3.63, 3.8) is 0 Å². The van der Waals surface area contributed by atoms with Crippen LogP contribution in [0, 0.1) is 12.7 Å². The van der Waals surface area contributed by atoms with Crippen LogP contribution in [0.3, 0.4) is 0 Å². The molecule has 0 aliphatic heterocycles. The first kappa shape index (κ1) is 13.2. The number of aryl methyl sites for hydroxylation is 1. The first-order valence-electron chi connectivity index (χ1n) is 4.72. The molecule has 1 nitrogen and oxygen atoms in total. The molecule has 0 aliphatic carbocycles. The zero-order valence-corrected chi connectivity index (χ0v) is 10.4. The number of nitrogens with two attached hydrogens (primary N) is 1. The van der Waals surface area contributed by atoms with Crippen LogP contribution in [0.15, 0.2) is 35.0 Å². The average molecular weight is 258 g/mol. The standard InChI is InChI=1S/C12H12FNS.ClH/c1-8-2-3-9(6-11(8)13)12(14)10-4-5-15-7-10;/h2-7,12H,14H2,1H3;1H/t12-;/m0./s1. The second kappa shape index (κ2) is 5.43. The molecular weight excluding hydrogens is 245 g/mol. The Bertz CT molecular complexity index is 456. The third kappa shape index (κ3) is 2.61. The van der Waals surface area contributed by atoms with E-state index in [9.17, 15) is 4.39 Å². The summed E-state index contributed by atoms with van der Waals surface area (Å²) in [4.78, 5) is 0. The van der Waals surface area contributed by atoms with Gasteiger partial charge in [-0.1, -0.05) is 12.1 Å². The van der Waals surface area contributed by atoms with Gasteiger partial charge in [0.25, 0.3) is 0 Å². The van der Waals surface area contributed by atoms with E-state index in [1.54, 1.807) is 24.3 Å². The summed E-state index contributed by atoms with van der Waals surface area (Å²) in [7, 11) is 0. The van der Waals surface area contributed by atoms with E-state index in [1.807, 2.05) is 22.9 Å². The van der Waals surface area contributed by atoms with E-state index in [-0.39, 0.29) is 24.3 Å². The first-order valence-corrected chi connectivity index (χ1v) is 5.66. The van der Waals surface area contributed by atoms with Crippen molar-refractivity contribution in [1.29, 1.82) is 0 Å². The maximum absolute atomic E-state index is 13.3. The molecule has 86 valence electrons. The lowest BCUT2D eigenvalue weighted by Gasteiger charge is -2.11. The van der Waals surface area contributed by atoms with Crippen LogP contribution in [0.2, 0.25) is 0 Å². The van der Waals surface area contributed by atoms with E-state index in [0.717, 1.165) is 11.1 Å². The average Bonchev–Trinajstić information content (AvgIpc) is 2.74. The molecule has 0 saturated heterocycles. The highest BCUT2D eigenvalue weighted by Gasteiger charge is 2.10. The molecule has 1 aromatic heterocycles. The van der Waals surface area contributed by atoms with E-state index in [0.29, 0.717) is 5.56 Å². The van der Waals surface area contributed by atoms with Gasteiger partial charge in [0, 0.05) is 0 Å². The van der Waals surface area contributed by atoms with Crippen LogP contribution in [-0.4, -0.2) is 0 Å². The van der Waals surface area contributed by atoms with Crippen LogP contribution in [0.25, 0.3) is 0 Å². The predicted molar refractivity (Wildman–Crippen MR) is 68.7 cm³/mol. The predicted octanol–water partition coefficient (Wildman–Crippen LogP) is 3.67. The van der Waals surface area contributed by atoms with E-state index >= 15 is 0 Å². The summed E-state index contributed by atoms with van der Waals surface area (Å²) in [5.74, 6) is -0.196. The van der Waals surface area contributed by atoms with Crippen LogP contribution in [0.4, 0.5) is 4.39 Å². The quantitative estimate of drug-likeness (QED) is 0.873. The van der Waals surface area contributed by atoms with Crippen molar-refractivity contribution >= 4 is 23.7 Å². The smallest absolute Gasteiger partial charge is 0.126 e. The Morgan fingerprint density at radius 1 is 1.25 bits per heavy atom. The summed E-state index contributed by atoms with van der Waals surface area (Å²) < 4.78 is 13.3. The van der Waals surface area contributed by atoms with Gasteiger partial charge in [0.2, 0.25) is 0 Å². The maximum Gasteiger partial charge on any atom is 0.126 e. The van der Waals surface area contributed by atoms with Gasteiger partial charge in [-0.2, -0.15) is 11.3 Å². The van der Waals surface area contributed by atoms with Crippen molar-refractivity contribution in [3.8, 4) is 0 Å².